The van der Waals surface area contributed by atoms with Gasteiger partial charge in [-0.05, 0) is 6.92 Å². The van der Waals surface area contributed by atoms with Crippen molar-refractivity contribution in [3.63, 3.8) is 0 Å². The van der Waals surface area contributed by atoms with Gasteiger partial charge in [0, 0.05) is 31.6 Å². The molecule has 1 N–H and O–H groups in total. The van der Waals surface area contributed by atoms with E-state index < -0.39 is 0 Å². The van der Waals surface area contributed by atoms with E-state index in [0.717, 1.165) is 18.1 Å². The summed E-state index contributed by atoms with van der Waals surface area (Å²) in [5, 5.41) is 11.9. The molecule has 0 aromatic heterocycles. The van der Waals surface area contributed by atoms with Crippen LogP contribution < -0.4 is 5.32 Å². The molecule has 4 nitrogen and oxygen atoms in total. The molecule has 0 saturated carbocycles. The maximum atomic E-state index is 11.9. The van der Waals surface area contributed by atoms with Crippen molar-refractivity contribution in [3.8, 4) is 6.07 Å². The van der Waals surface area contributed by atoms with Gasteiger partial charge in [0.05, 0.1) is 18.0 Å². The summed E-state index contributed by atoms with van der Waals surface area (Å²) in [4.78, 5) is 13.5. The average Bonchev–Trinajstić information content (AvgIpc) is 2.29. The summed E-state index contributed by atoms with van der Waals surface area (Å²) in [7, 11) is 1.76. The second-order valence-corrected chi connectivity index (χ2v) is 4.98. The largest absolute Gasteiger partial charge is 0.343 e. The predicted octanol–water partition coefficient (Wildman–Crippen LogP) is 0.309. The molecule has 0 aromatic rings. The molecule has 1 saturated heterocycles. The summed E-state index contributed by atoms with van der Waals surface area (Å²) in [5.74, 6) is 1.91. The van der Waals surface area contributed by atoms with Crippen LogP contribution in [0, 0.1) is 17.2 Å². The number of thioether (sulfide) groups is 1. The average molecular weight is 227 g/mol. The van der Waals surface area contributed by atoms with E-state index in [0.29, 0.717) is 6.54 Å². The highest BCUT2D eigenvalue weighted by atomic mass is 32.2. The molecular weight excluding hydrogens is 210 g/mol. The first-order chi connectivity index (χ1) is 7.15. The quantitative estimate of drug-likeness (QED) is 0.754. The molecule has 0 aromatic carbocycles. The van der Waals surface area contributed by atoms with Gasteiger partial charge in [-0.2, -0.15) is 17.0 Å². The van der Waals surface area contributed by atoms with Crippen LogP contribution in [0.5, 0.6) is 0 Å². The van der Waals surface area contributed by atoms with E-state index in [1.807, 2.05) is 6.92 Å². The lowest BCUT2D eigenvalue weighted by atomic mass is 10.2. The van der Waals surface area contributed by atoms with Crippen molar-refractivity contribution in [1.29, 1.82) is 5.26 Å². The van der Waals surface area contributed by atoms with Gasteiger partial charge in [0.25, 0.3) is 0 Å². The molecule has 2 atom stereocenters. The van der Waals surface area contributed by atoms with E-state index in [4.69, 9.17) is 5.26 Å². The first-order valence-corrected chi connectivity index (χ1v) is 6.26. The number of hydrogen-bond donors (Lipinski definition) is 1. The number of hydrogen-bond acceptors (Lipinski definition) is 4. The molecule has 1 rings (SSSR count). The van der Waals surface area contributed by atoms with Crippen LogP contribution in [0.1, 0.15) is 6.92 Å². The number of likely N-dealkylation sites (N-methyl/N-ethyl adjacent to an activating group) is 1. The van der Waals surface area contributed by atoms with Crippen LogP contribution in [-0.4, -0.2) is 48.5 Å². The molecular formula is C10H17N3OS. The van der Waals surface area contributed by atoms with Crippen molar-refractivity contribution in [2.45, 2.75) is 13.0 Å². The van der Waals surface area contributed by atoms with Gasteiger partial charge in [-0.15, -0.1) is 0 Å². The first kappa shape index (κ1) is 12.3. The SMILES string of the molecule is CC(C#N)CN(C)C(=O)C1CSCCN1. The number of rotatable bonds is 3. The highest BCUT2D eigenvalue weighted by molar-refractivity contribution is 7.99. The van der Waals surface area contributed by atoms with E-state index in [1.54, 1.807) is 23.7 Å². The lowest BCUT2D eigenvalue weighted by Crippen LogP contribution is -2.50. The van der Waals surface area contributed by atoms with E-state index >= 15 is 0 Å². The molecule has 5 heteroatoms. The molecule has 0 bridgehead atoms. The Kier molecular flexibility index (Phi) is 4.92. The van der Waals surface area contributed by atoms with Crippen LogP contribution >= 0.6 is 11.8 Å². The van der Waals surface area contributed by atoms with E-state index in [9.17, 15) is 4.79 Å². The van der Waals surface area contributed by atoms with E-state index in [2.05, 4.69) is 11.4 Å². The fourth-order valence-corrected chi connectivity index (χ4v) is 2.46. The van der Waals surface area contributed by atoms with Gasteiger partial charge < -0.3 is 10.2 Å². The van der Waals surface area contributed by atoms with Gasteiger partial charge in [0.1, 0.15) is 0 Å². The Morgan fingerprint density at radius 1 is 1.80 bits per heavy atom. The molecule has 2 unspecified atom stereocenters. The summed E-state index contributed by atoms with van der Waals surface area (Å²) in [6, 6.07) is 2.06. The minimum atomic E-state index is -0.102. The molecule has 1 heterocycles. The van der Waals surface area contributed by atoms with Gasteiger partial charge in [-0.3, -0.25) is 4.79 Å². The lowest BCUT2D eigenvalue weighted by Gasteiger charge is -2.27. The number of nitriles is 1. The van der Waals surface area contributed by atoms with Crippen LogP contribution in [0.15, 0.2) is 0 Å². The van der Waals surface area contributed by atoms with Crippen molar-refractivity contribution in [3.05, 3.63) is 0 Å². The summed E-state index contributed by atoms with van der Waals surface area (Å²) >= 11 is 1.80. The second-order valence-electron chi connectivity index (χ2n) is 3.83. The van der Waals surface area contributed by atoms with Gasteiger partial charge in [-0.1, -0.05) is 0 Å². The van der Waals surface area contributed by atoms with Gasteiger partial charge >= 0.3 is 0 Å². The van der Waals surface area contributed by atoms with Crippen LogP contribution in [0.3, 0.4) is 0 Å². The third-order valence-electron chi connectivity index (χ3n) is 2.36. The second kappa shape index (κ2) is 5.99. The molecule has 1 aliphatic rings. The van der Waals surface area contributed by atoms with Crippen LogP contribution in [0.25, 0.3) is 0 Å². The molecule has 15 heavy (non-hydrogen) atoms. The number of nitrogens with one attached hydrogen (secondary N) is 1. The Morgan fingerprint density at radius 3 is 3.07 bits per heavy atom. The maximum Gasteiger partial charge on any atom is 0.240 e. The third-order valence-corrected chi connectivity index (χ3v) is 3.43. The standard InChI is InChI=1S/C10H17N3OS/c1-8(5-11)6-13(2)10(14)9-7-15-4-3-12-9/h8-9,12H,3-4,6-7H2,1-2H3. The summed E-state index contributed by atoms with van der Waals surface area (Å²) in [5.41, 5.74) is 0. The minimum Gasteiger partial charge on any atom is -0.343 e. The summed E-state index contributed by atoms with van der Waals surface area (Å²) in [6.45, 7) is 3.23. The summed E-state index contributed by atoms with van der Waals surface area (Å²) in [6.07, 6.45) is 0. The van der Waals surface area contributed by atoms with Crippen molar-refractivity contribution in [1.82, 2.24) is 10.2 Å². The molecule has 0 radical (unpaired) electrons. The normalized spacial score (nSPS) is 22.9. The Bertz CT molecular complexity index is 258. The zero-order valence-corrected chi connectivity index (χ0v) is 10.0. The maximum absolute atomic E-state index is 11.9. The van der Waals surface area contributed by atoms with Gasteiger partial charge in [-0.25, -0.2) is 0 Å². The van der Waals surface area contributed by atoms with Crippen molar-refractivity contribution >= 4 is 17.7 Å². The number of nitrogens with zero attached hydrogens (tertiary/aromatic N) is 2. The van der Waals surface area contributed by atoms with Gasteiger partial charge in [0.2, 0.25) is 5.91 Å². The number of carbonyl (C=O) groups is 1. The number of amides is 1. The molecule has 1 amide bonds. The molecule has 1 fully saturated rings. The van der Waals surface area contributed by atoms with Crippen molar-refractivity contribution in [2.75, 3.05) is 31.6 Å². The fourth-order valence-electron chi connectivity index (χ4n) is 1.53. The Balaban J connectivity index is 2.41. The molecule has 1 aliphatic heterocycles. The van der Waals surface area contributed by atoms with Crippen molar-refractivity contribution < 1.29 is 4.79 Å². The molecule has 0 aliphatic carbocycles. The van der Waals surface area contributed by atoms with Crippen LogP contribution in [0.2, 0.25) is 0 Å². The van der Waals surface area contributed by atoms with Gasteiger partial charge in [0.15, 0.2) is 0 Å². The smallest absolute Gasteiger partial charge is 0.240 e. The predicted molar refractivity (Wildman–Crippen MR) is 61.5 cm³/mol. The Morgan fingerprint density at radius 2 is 2.53 bits per heavy atom. The van der Waals surface area contributed by atoms with Crippen LogP contribution in [-0.2, 0) is 4.79 Å². The van der Waals surface area contributed by atoms with Crippen molar-refractivity contribution in [2.24, 2.45) is 5.92 Å². The fraction of sp³-hybridized carbons (Fsp3) is 0.800. The van der Waals surface area contributed by atoms with E-state index in [-0.39, 0.29) is 17.9 Å². The highest BCUT2D eigenvalue weighted by Gasteiger charge is 2.24. The Labute approximate surface area is 95.0 Å². The third kappa shape index (κ3) is 3.73. The minimum absolute atomic E-state index is 0.0698. The topological polar surface area (TPSA) is 56.1 Å². The van der Waals surface area contributed by atoms with Crippen LogP contribution in [0.4, 0.5) is 0 Å². The Hall–Kier alpha value is -0.730. The molecule has 84 valence electrons. The number of carbonyl (C=O) groups excluding carboxylic acids is 1. The first-order valence-electron chi connectivity index (χ1n) is 5.11. The highest BCUT2D eigenvalue weighted by Crippen LogP contribution is 2.10. The zero-order valence-electron chi connectivity index (χ0n) is 9.19. The van der Waals surface area contributed by atoms with E-state index in [1.165, 1.54) is 0 Å². The molecule has 0 spiro atoms. The summed E-state index contributed by atoms with van der Waals surface area (Å²) < 4.78 is 0. The zero-order chi connectivity index (χ0) is 11.3. The monoisotopic (exact) mass is 227 g/mol. The lowest BCUT2D eigenvalue weighted by molar-refractivity contribution is -0.131.